The van der Waals surface area contributed by atoms with Crippen LogP contribution in [0.1, 0.15) is 25.7 Å². The minimum Gasteiger partial charge on any atom is -0.330 e. The van der Waals surface area contributed by atoms with Crippen molar-refractivity contribution in [2.75, 3.05) is 11.9 Å². The first kappa shape index (κ1) is 15.9. The summed E-state index contributed by atoms with van der Waals surface area (Å²) in [5, 5.41) is 2.73. The summed E-state index contributed by atoms with van der Waals surface area (Å²) >= 11 is 0.487. The fourth-order valence-electron chi connectivity index (χ4n) is 1.55. The van der Waals surface area contributed by atoms with Crippen LogP contribution in [0.3, 0.4) is 0 Å². The smallest absolute Gasteiger partial charge is 0.288 e. The fraction of sp³-hybridized carbons (Fsp3) is 0.462. The summed E-state index contributed by atoms with van der Waals surface area (Å²) in [6.45, 7) is 0.644. The second-order valence-corrected chi connectivity index (χ2v) is 5.11. The predicted molar refractivity (Wildman–Crippen MR) is 74.5 cm³/mol. The minimum absolute atomic E-state index is 0.0636. The number of alkyl halides is 2. The van der Waals surface area contributed by atoms with E-state index in [4.69, 9.17) is 5.73 Å². The van der Waals surface area contributed by atoms with E-state index in [-0.39, 0.29) is 5.91 Å². The maximum atomic E-state index is 12.1. The Hall–Kier alpha value is -1.14. The van der Waals surface area contributed by atoms with Crippen LogP contribution >= 0.6 is 11.8 Å². The van der Waals surface area contributed by atoms with Crippen molar-refractivity contribution in [1.82, 2.24) is 0 Å². The molecule has 0 aliphatic carbocycles. The Labute approximate surface area is 115 Å². The van der Waals surface area contributed by atoms with Crippen LogP contribution in [0, 0.1) is 0 Å². The SMILES string of the molecule is NCCCCCC(=O)Nc1ccc(SC(F)F)cc1. The largest absolute Gasteiger partial charge is 0.330 e. The Balaban J connectivity index is 2.34. The number of thioether (sulfide) groups is 1. The number of anilines is 1. The van der Waals surface area contributed by atoms with Gasteiger partial charge in [-0.3, -0.25) is 4.79 Å². The Morgan fingerprint density at radius 2 is 1.89 bits per heavy atom. The molecule has 0 spiro atoms. The molecule has 1 amide bonds. The zero-order chi connectivity index (χ0) is 14.1. The maximum absolute atomic E-state index is 12.1. The molecule has 0 fully saturated rings. The van der Waals surface area contributed by atoms with Gasteiger partial charge < -0.3 is 11.1 Å². The number of carbonyl (C=O) groups excluding carboxylic acids is 1. The summed E-state index contributed by atoms with van der Waals surface area (Å²) in [7, 11) is 0. The first-order valence-electron chi connectivity index (χ1n) is 6.16. The van der Waals surface area contributed by atoms with Crippen molar-refractivity contribution in [3.05, 3.63) is 24.3 Å². The van der Waals surface area contributed by atoms with Gasteiger partial charge in [-0.15, -0.1) is 0 Å². The number of unbranched alkanes of at least 4 members (excludes halogenated alkanes) is 2. The van der Waals surface area contributed by atoms with Gasteiger partial charge in [0.2, 0.25) is 5.91 Å². The number of rotatable bonds is 8. The third kappa shape index (κ3) is 7.12. The van der Waals surface area contributed by atoms with E-state index in [0.717, 1.165) is 19.3 Å². The fourth-order valence-corrected chi connectivity index (χ4v) is 2.05. The minimum atomic E-state index is -2.43. The van der Waals surface area contributed by atoms with Crippen molar-refractivity contribution in [2.45, 2.75) is 36.3 Å². The van der Waals surface area contributed by atoms with Gasteiger partial charge in [0.25, 0.3) is 5.76 Å². The van der Waals surface area contributed by atoms with Gasteiger partial charge in [-0.05, 0) is 43.7 Å². The molecule has 0 atom stereocenters. The molecule has 0 radical (unpaired) electrons. The van der Waals surface area contributed by atoms with E-state index < -0.39 is 5.76 Å². The highest BCUT2D eigenvalue weighted by molar-refractivity contribution is 7.99. The van der Waals surface area contributed by atoms with Crippen LogP contribution < -0.4 is 11.1 Å². The Bertz CT molecular complexity index is 385. The summed E-state index contributed by atoms with van der Waals surface area (Å²) < 4.78 is 24.2. The van der Waals surface area contributed by atoms with E-state index in [2.05, 4.69) is 5.32 Å². The summed E-state index contributed by atoms with van der Waals surface area (Å²) in [6, 6.07) is 6.40. The summed E-state index contributed by atoms with van der Waals surface area (Å²) in [6.07, 6.45) is 3.12. The number of amides is 1. The van der Waals surface area contributed by atoms with Crippen molar-refractivity contribution < 1.29 is 13.6 Å². The summed E-state index contributed by atoms with van der Waals surface area (Å²) in [5.74, 6) is -2.49. The molecule has 0 bridgehead atoms. The molecule has 0 aromatic heterocycles. The van der Waals surface area contributed by atoms with Crippen LogP contribution in [0.25, 0.3) is 0 Å². The van der Waals surface area contributed by atoms with Gasteiger partial charge in [0.15, 0.2) is 0 Å². The van der Waals surface area contributed by atoms with Gasteiger partial charge in [0.1, 0.15) is 0 Å². The van der Waals surface area contributed by atoms with Gasteiger partial charge in [0, 0.05) is 17.0 Å². The Morgan fingerprint density at radius 3 is 2.47 bits per heavy atom. The van der Waals surface area contributed by atoms with E-state index in [9.17, 15) is 13.6 Å². The van der Waals surface area contributed by atoms with E-state index in [1.165, 1.54) is 0 Å². The topological polar surface area (TPSA) is 55.1 Å². The van der Waals surface area contributed by atoms with Crippen molar-refractivity contribution in [2.24, 2.45) is 5.73 Å². The molecule has 1 aromatic rings. The quantitative estimate of drug-likeness (QED) is 0.569. The van der Waals surface area contributed by atoms with Crippen molar-refractivity contribution in [3.63, 3.8) is 0 Å². The zero-order valence-electron chi connectivity index (χ0n) is 10.6. The van der Waals surface area contributed by atoms with E-state index in [1.807, 2.05) is 0 Å². The third-order valence-electron chi connectivity index (χ3n) is 2.47. The molecule has 0 saturated carbocycles. The number of benzene rings is 1. The zero-order valence-corrected chi connectivity index (χ0v) is 11.4. The highest BCUT2D eigenvalue weighted by atomic mass is 32.2. The maximum Gasteiger partial charge on any atom is 0.288 e. The lowest BCUT2D eigenvalue weighted by atomic mass is 10.2. The van der Waals surface area contributed by atoms with E-state index in [0.29, 0.717) is 35.3 Å². The second kappa shape index (κ2) is 8.87. The molecule has 0 saturated heterocycles. The van der Waals surface area contributed by atoms with Crippen molar-refractivity contribution in [3.8, 4) is 0 Å². The van der Waals surface area contributed by atoms with Crippen LogP contribution in [-0.4, -0.2) is 18.2 Å². The number of hydrogen-bond acceptors (Lipinski definition) is 3. The van der Waals surface area contributed by atoms with Gasteiger partial charge in [-0.1, -0.05) is 18.2 Å². The molecule has 19 heavy (non-hydrogen) atoms. The molecule has 3 nitrogen and oxygen atoms in total. The summed E-state index contributed by atoms with van der Waals surface area (Å²) in [4.78, 5) is 12.1. The van der Waals surface area contributed by atoms with Crippen LogP contribution in [0.5, 0.6) is 0 Å². The average molecular weight is 288 g/mol. The number of carbonyl (C=O) groups is 1. The second-order valence-electron chi connectivity index (χ2n) is 4.05. The lowest BCUT2D eigenvalue weighted by Gasteiger charge is -2.06. The molecule has 0 aliphatic rings. The van der Waals surface area contributed by atoms with Crippen molar-refractivity contribution in [1.29, 1.82) is 0 Å². The molecule has 106 valence electrons. The molecular formula is C13H18F2N2OS. The molecule has 0 aliphatic heterocycles. The van der Waals surface area contributed by atoms with Gasteiger partial charge >= 0.3 is 0 Å². The predicted octanol–water partition coefficient (Wildman–Crippen LogP) is 3.46. The first-order valence-corrected chi connectivity index (χ1v) is 7.04. The molecule has 1 aromatic carbocycles. The standard InChI is InChI=1S/C13H18F2N2OS/c14-13(15)19-11-7-5-10(6-8-11)17-12(18)4-2-1-3-9-16/h5-8,13H,1-4,9,16H2,(H,17,18). The van der Waals surface area contributed by atoms with E-state index >= 15 is 0 Å². The number of nitrogens with one attached hydrogen (secondary N) is 1. The molecule has 0 heterocycles. The molecule has 1 rings (SSSR count). The third-order valence-corrected chi connectivity index (χ3v) is 3.19. The number of halogens is 2. The monoisotopic (exact) mass is 288 g/mol. The lowest BCUT2D eigenvalue weighted by Crippen LogP contribution is -2.11. The van der Waals surface area contributed by atoms with Crippen LogP contribution in [0.2, 0.25) is 0 Å². The highest BCUT2D eigenvalue weighted by Gasteiger charge is 2.06. The molecular weight excluding hydrogens is 270 g/mol. The molecule has 3 N–H and O–H groups in total. The van der Waals surface area contributed by atoms with Gasteiger partial charge in [-0.2, -0.15) is 8.78 Å². The van der Waals surface area contributed by atoms with Gasteiger partial charge in [0.05, 0.1) is 0 Å². The Kier molecular flexibility index (Phi) is 7.43. The van der Waals surface area contributed by atoms with Crippen LogP contribution in [0.4, 0.5) is 14.5 Å². The van der Waals surface area contributed by atoms with Crippen LogP contribution in [0.15, 0.2) is 29.2 Å². The Morgan fingerprint density at radius 1 is 1.21 bits per heavy atom. The van der Waals surface area contributed by atoms with E-state index in [1.54, 1.807) is 24.3 Å². The van der Waals surface area contributed by atoms with Crippen molar-refractivity contribution >= 4 is 23.4 Å². The number of nitrogens with two attached hydrogens (primary N) is 1. The summed E-state index contributed by atoms with van der Waals surface area (Å²) in [5.41, 5.74) is 5.99. The van der Waals surface area contributed by atoms with Crippen LogP contribution in [-0.2, 0) is 4.79 Å². The normalized spacial score (nSPS) is 10.7. The average Bonchev–Trinajstić information content (AvgIpc) is 2.36. The molecule has 0 unspecified atom stereocenters. The highest BCUT2D eigenvalue weighted by Crippen LogP contribution is 2.26. The first-order chi connectivity index (χ1) is 9.11. The molecule has 6 heteroatoms. The number of hydrogen-bond donors (Lipinski definition) is 2. The lowest BCUT2D eigenvalue weighted by molar-refractivity contribution is -0.116. The van der Waals surface area contributed by atoms with Gasteiger partial charge in [-0.25, -0.2) is 0 Å².